The summed E-state index contributed by atoms with van der Waals surface area (Å²) in [5.74, 6) is -0.419. The largest absolute Gasteiger partial charge is 0.480 e. The van der Waals surface area contributed by atoms with Crippen LogP contribution < -0.4 is 10.6 Å². The predicted octanol–water partition coefficient (Wildman–Crippen LogP) is -0.333. The lowest BCUT2D eigenvalue weighted by Crippen LogP contribution is -2.46. The normalized spacial score (nSPS) is 11.9. The molecule has 9 heteroatoms. The van der Waals surface area contributed by atoms with Gasteiger partial charge < -0.3 is 25.0 Å². The summed E-state index contributed by atoms with van der Waals surface area (Å²) in [7, 11) is 1.46. The number of carboxylic acids is 1. The number of methoxy groups -OCH3 is 1. The van der Waals surface area contributed by atoms with Gasteiger partial charge in [-0.15, -0.1) is 0 Å². The summed E-state index contributed by atoms with van der Waals surface area (Å²) in [5, 5.41) is 17.2. The van der Waals surface area contributed by atoms with Gasteiger partial charge in [-0.05, 0) is 6.92 Å². The predicted molar refractivity (Wildman–Crippen MR) is 62.3 cm³/mol. The zero-order chi connectivity index (χ0) is 14.3. The summed E-state index contributed by atoms with van der Waals surface area (Å²) in [5.41, 5.74) is 0. The third-order valence-corrected chi connectivity index (χ3v) is 2.18. The zero-order valence-electron chi connectivity index (χ0n) is 10.7. The molecule has 0 spiro atoms. The van der Waals surface area contributed by atoms with Crippen LogP contribution in [0.2, 0.25) is 0 Å². The van der Waals surface area contributed by atoms with E-state index < -0.39 is 18.0 Å². The molecular formula is C10H16N4O5. The van der Waals surface area contributed by atoms with E-state index >= 15 is 0 Å². The molecule has 9 nitrogen and oxygen atoms in total. The number of urea groups is 1. The summed E-state index contributed by atoms with van der Waals surface area (Å²) in [6.45, 7) is 1.92. The molecule has 1 rings (SSSR count). The first-order chi connectivity index (χ1) is 9.02. The summed E-state index contributed by atoms with van der Waals surface area (Å²) >= 11 is 0. The van der Waals surface area contributed by atoms with Gasteiger partial charge >= 0.3 is 12.0 Å². The molecule has 0 saturated carbocycles. The minimum atomic E-state index is -1.12. The Morgan fingerprint density at radius 3 is 2.79 bits per heavy atom. The Kier molecular flexibility index (Phi) is 5.73. The van der Waals surface area contributed by atoms with Crippen LogP contribution in [-0.2, 0) is 16.1 Å². The number of carboxylic acid groups (broad SMARTS) is 1. The maximum Gasteiger partial charge on any atom is 0.326 e. The highest BCUT2D eigenvalue weighted by Crippen LogP contribution is 1.96. The molecule has 106 valence electrons. The molecule has 1 atom stereocenters. The van der Waals surface area contributed by atoms with Crippen molar-refractivity contribution < 1.29 is 24.0 Å². The van der Waals surface area contributed by atoms with Gasteiger partial charge in [0, 0.05) is 20.1 Å². The van der Waals surface area contributed by atoms with Crippen LogP contribution in [0.4, 0.5) is 4.79 Å². The number of rotatable bonds is 7. The molecule has 1 unspecified atom stereocenters. The smallest absolute Gasteiger partial charge is 0.326 e. The molecule has 1 aromatic heterocycles. The monoisotopic (exact) mass is 272 g/mol. The maximum atomic E-state index is 11.5. The topological polar surface area (TPSA) is 127 Å². The van der Waals surface area contributed by atoms with Gasteiger partial charge in [0.15, 0.2) is 5.82 Å². The number of nitrogens with one attached hydrogen (secondary N) is 2. The SMILES string of the molecule is COCCC(NC(=O)NCc1nc(C)no1)C(=O)O. The van der Waals surface area contributed by atoms with E-state index in [-0.39, 0.29) is 25.5 Å². The fourth-order valence-corrected chi connectivity index (χ4v) is 1.27. The molecule has 0 fully saturated rings. The second-order valence-corrected chi connectivity index (χ2v) is 3.73. The molecule has 0 aliphatic heterocycles. The Morgan fingerprint density at radius 2 is 2.26 bits per heavy atom. The molecule has 3 N–H and O–H groups in total. The first kappa shape index (κ1) is 14.9. The molecule has 1 heterocycles. The lowest BCUT2D eigenvalue weighted by atomic mass is 10.2. The Balaban J connectivity index is 2.37. The van der Waals surface area contributed by atoms with Gasteiger partial charge in [-0.25, -0.2) is 9.59 Å². The van der Waals surface area contributed by atoms with Gasteiger partial charge in [-0.3, -0.25) is 0 Å². The van der Waals surface area contributed by atoms with Gasteiger partial charge in [0.2, 0.25) is 5.89 Å². The standard InChI is InChI=1S/C10H16N4O5/c1-6-12-8(19-14-6)5-11-10(17)13-7(9(15)16)3-4-18-2/h7H,3-5H2,1-2H3,(H,15,16)(H2,11,13,17). The van der Waals surface area contributed by atoms with Crippen LogP contribution in [0.25, 0.3) is 0 Å². The van der Waals surface area contributed by atoms with Crippen LogP contribution in [0.3, 0.4) is 0 Å². The number of hydrogen-bond acceptors (Lipinski definition) is 6. The minimum absolute atomic E-state index is 0.0310. The molecule has 0 saturated heterocycles. The maximum absolute atomic E-state index is 11.5. The quantitative estimate of drug-likeness (QED) is 0.620. The van der Waals surface area contributed by atoms with Crippen molar-refractivity contribution in [1.29, 1.82) is 0 Å². The van der Waals surface area contributed by atoms with Gasteiger partial charge in [0.25, 0.3) is 0 Å². The molecule has 1 aromatic rings. The molecule has 0 radical (unpaired) electrons. The van der Waals surface area contributed by atoms with Crippen molar-refractivity contribution in [1.82, 2.24) is 20.8 Å². The number of ether oxygens (including phenoxy) is 1. The van der Waals surface area contributed by atoms with E-state index in [0.717, 1.165) is 0 Å². The Hall–Kier alpha value is -2.16. The van der Waals surface area contributed by atoms with Gasteiger partial charge in [-0.2, -0.15) is 4.98 Å². The van der Waals surface area contributed by atoms with Crippen LogP contribution in [0, 0.1) is 6.92 Å². The van der Waals surface area contributed by atoms with Gasteiger partial charge in [0.05, 0.1) is 6.54 Å². The van der Waals surface area contributed by atoms with Gasteiger partial charge in [0.1, 0.15) is 6.04 Å². The van der Waals surface area contributed by atoms with Crippen LogP contribution in [-0.4, -0.2) is 47.0 Å². The number of nitrogens with zero attached hydrogens (tertiary/aromatic N) is 2. The number of aryl methyl sites for hydroxylation is 1. The third-order valence-electron chi connectivity index (χ3n) is 2.18. The van der Waals surface area contributed by atoms with Crippen molar-refractivity contribution in [3.05, 3.63) is 11.7 Å². The van der Waals surface area contributed by atoms with Crippen molar-refractivity contribution in [2.24, 2.45) is 0 Å². The lowest BCUT2D eigenvalue weighted by molar-refractivity contribution is -0.139. The molecule has 0 aliphatic carbocycles. The Bertz CT molecular complexity index is 433. The fraction of sp³-hybridized carbons (Fsp3) is 0.600. The second-order valence-electron chi connectivity index (χ2n) is 3.73. The van der Waals surface area contributed by atoms with Gasteiger partial charge in [-0.1, -0.05) is 5.16 Å². The van der Waals surface area contributed by atoms with E-state index in [9.17, 15) is 9.59 Å². The third kappa shape index (κ3) is 5.34. The van der Waals surface area contributed by atoms with E-state index in [1.165, 1.54) is 7.11 Å². The van der Waals surface area contributed by atoms with Crippen molar-refractivity contribution in [2.45, 2.75) is 25.9 Å². The first-order valence-corrected chi connectivity index (χ1v) is 5.58. The zero-order valence-corrected chi connectivity index (χ0v) is 10.7. The van der Waals surface area contributed by atoms with E-state index in [4.69, 9.17) is 14.4 Å². The summed E-state index contributed by atoms with van der Waals surface area (Å²) in [6, 6.07) is -1.64. The highest BCUT2D eigenvalue weighted by Gasteiger charge is 2.19. The van der Waals surface area contributed by atoms with Crippen molar-refractivity contribution >= 4 is 12.0 Å². The van der Waals surface area contributed by atoms with Crippen molar-refractivity contribution in [2.75, 3.05) is 13.7 Å². The lowest BCUT2D eigenvalue weighted by Gasteiger charge is -2.14. The molecule has 0 aromatic carbocycles. The number of carbonyl (C=O) groups is 2. The number of hydrogen-bond donors (Lipinski definition) is 3. The highest BCUT2D eigenvalue weighted by molar-refractivity contribution is 5.82. The highest BCUT2D eigenvalue weighted by atomic mass is 16.5. The van der Waals surface area contributed by atoms with Crippen molar-refractivity contribution in [3.8, 4) is 0 Å². The fourth-order valence-electron chi connectivity index (χ4n) is 1.27. The number of amides is 2. The average molecular weight is 272 g/mol. The molecule has 0 aliphatic rings. The summed E-state index contributed by atoms with van der Waals surface area (Å²) in [6.07, 6.45) is 0.179. The number of carbonyl (C=O) groups excluding carboxylic acids is 1. The van der Waals surface area contributed by atoms with Crippen molar-refractivity contribution in [3.63, 3.8) is 0 Å². The average Bonchev–Trinajstić information content (AvgIpc) is 2.77. The molecule has 19 heavy (non-hydrogen) atoms. The minimum Gasteiger partial charge on any atom is -0.480 e. The van der Waals surface area contributed by atoms with E-state index in [1.807, 2.05) is 0 Å². The molecular weight excluding hydrogens is 256 g/mol. The molecule has 2 amide bonds. The van der Waals surface area contributed by atoms with Crippen LogP contribution in [0.15, 0.2) is 4.52 Å². The Morgan fingerprint density at radius 1 is 1.53 bits per heavy atom. The number of aromatic nitrogens is 2. The van der Waals surface area contributed by atoms with Crippen LogP contribution >= 0.6 is 0 Å². The number of aliphatic carboxylic acids is 1. The van der Waals surface area contributed by atoms with E-state index in [0.29, 0.717) is 5.82 Å². The summed E-state index contributed by atoms with van der Waals surface area (Å²) < 4.78 is 9.56. The van der Waals surface area contributed by atoms with E-state index in [2.05, 4.69) is 20.8 Å². The first-order valence-electron chi connectivity index (χ1n) is 5.58. The van der Waals surface area contributed by atoms with E-state index in [1.54, 1.807) is 6.92 Å². The summed E-state index contributed by atoms with van der Waals surface area (Å²) in [4.78, 5) is 26.3. The Labute approximate surface area is 109 Å². The second kappa shape index (κ2) is 7.31. The molecule has 0 bridgehead atoms. The van der Waals surface area contributed by atoms with Crippen LogP contribution in [0.5, 0.6) is 0 Å². The van der Waals surface area contributed by atoms with Crippen LogP contribution in [0.1, 0.15) is 18.1 Å².